The third-order valence-electron chi connectivity index (χ3n) is 3.67. The van der Waals surface area contributed by atoms with Crippen LogP contribution in [0.2, 0.25) is 0 Å². The van der Waals surface area contributed by atoms with Crippen LogP contribution in [0.4, 0.5) is 0 Å². The monoisotopic (exact) mass is 409 g/mol. The molecule has 0 heterocycles. The molecule has 0 bridgehead atoms. The number of hydrogen-bond donors (Lipinski definition) is 1. The van der Waals surface area contributed by atoms with Gasteiger partial charge < -0.3 is 5.32 Å². The van der Waals surface area contributed by atoms with Gasteiger partial charge in [-0.1, -0.05) is 76.9 Å². The summed E-state index contributed by atoms with van der Waals surface area (Å²) in [6.07, 6.45) is 0. The lowest BCUT2D eigenvalue weighted by Gasteiger charge is -2.22. The van der Waals surface area contributed by atoms with Gasteiger partial charge in [0.25, 0.3) is 0 Å². The number of halogens is 2. The second kappa shape index (κ2) is 6.64. The highest BCUT2D eigenvalue weighted by molar-refractivity contribution is 9.11. The minimum Gasteiger partial charge on any atom is -0.309 e. The Kier molecular flexibility index (Phi) is 5.29. The van der Waals surface area contributed by atoms with Crippen molar-refractivity contribution in [2.24, 2.45) is 0 Å². The van der Waals surface area contributed by atoms with E-state index in [-0.39, 0.29) is 11.5 Å². The van der Waals surface area contributed by atoms with Crippen molar-refractivity contribution in [1.29, 1.82) is 0 Å². The normalized spacial score (nSPS) is 13.2. The van der Waals surface area contributed by atoms with Gasteiger partial charge in [0.1, 0.15) is 0 Å². The highest BCUT2D eigenvalue weighted by atomic mass is 79.9. The lowest BCUT2D eigenvalue weighted by atomic mass is 9.86. The molecule has 1 nitrogen and oxygen atoms in total. The molecule has 2 rings (SSSR count). The summed E-state index contributed by atoms with van der Waals surface area (Å²) in [5.74, 6) is 0. The number of rotatable bonds is 3. The molecule has 0 spiro atoms. The predicted molar refractivity (Wildman–Crippen MR) is 97.9 cm³/mol. The molecule has 0 aromatic heterocycles. The van der Waals surface area contributed by atoms with E-state index in [4.69, 9.17) is 0 Å². The van der Waals surface area contributed by atoms with Crippen molar-refractivity contribution in [3.8, 4) is 0 Å². The van der Waals surface area contributed by atoms with Crippen molar-refractivity contribution in [1.82, 2.24) is 5.32 Å². The van der Waals surface area contributed by atoms with Gasteiger partial charge in [-0.25, -0.2) is 0 Å². The van der Waals surface area contributed by atoms with E-state index in [1.165, 1.54) is 16.7 Å². The minimum atomic E-state index is 0.172. The van der Waals surface area contributed by atoms with Crippen LogP contribution in [0.3, 0.4) is 0 Å². The van der Waals surface area contributed by atoms with E-state index >= 15 is 0 Å². The minimum absolute atomic E-state index is 0.172. The second-order valence-electron chi connectivity index (χ2n) is 6.26. The van der Waals surface area contributed by atoms with Crippen LogP contribution in [-0.2, 0) is 5.41 Å². The van der Waals surface area contributed by atoms with E-state index in [9.17, 15) is 0 Å². The van der Waals surface area contributed by atoms with Crippen molar-refractivity contribution in [3.63, 3.8) is 0 Å². The zero-order valence-electron chi connectivity index (χ0n) is 12.9. The molecule has 0 aliphatic carbocycles. The Bertz CT molecular complexity index is 612. The summed E-state index contributed by atoms with van der Waals surface area (Å²) < 4.78 is 2.21. The summed E-state index contributed by atoms with van der Waals surface area (Å²) in [6.45, 7) is 6.72. The summed E-state index contributed by atoms with van der Waals surface area (Å²) in [4.78, 5) is 0. The van der Waals surface area contributed by atoms with E-state index in [2.05, 4.69) is 94.3 Å². The zero-order valence-corrected chi connectivity index (χ0v) is 16.0. The Hall–Kier alpha value is -0.640. The predicted octanol–water partition coefficient (Wildman–Crippen LogP) is 5.82. The van der Waals surface area contributed by atoms with E-state index in [1.807, 2.05) is 13.1 Å². The van der Waals surface area contributed by atoms with Crippen molar-refractivity contribution >= 4 is 31.9 Å². The molecule has 0 saturated carbocycles. The molecule has 112 valence electrons. The molecule has 0 amide bonds. The van der Waals surface area contributed by atoms with Crippen LogP contribution in [0, 0.1) is 0 Å². The molecule has 1 unspecified atom stereocenters. The molecule has 0 aliphatic heterocycles. The molecule has 3 heteroatoms. The fraction of sp³-hybridized carbons (Fsp3) is 0.333. The van der Waals surface area contributed by atoms with Gasteiger partial charge in [-0.3, -0.25) is 0 Å². The number of hydrogen-bond acceptors (Lipinski definition) is 1. The lowest BCUT2D eigenvalue weighted by Crippen LogP contribution is -2.19. The van der Waals surface area contributed by atoms with Gasteiger partial charge in [0, 0.05) is 8.95 Å². The van der Waals surface area contributed by atoms with Gasteiger partial charge in [0.15, 0.2) is 0 Å². The van der Waals surface area contributed by atoms with Crippen LogP contribution in [0.1, 0.15) is 43.5 Å². The van der Waals surface area contributed by atoms with Crippen LogP contribution in [-0.4, -0.2) is 7.05 Å². The van der Waals surface area contributed by atoms with Crippen molar-refractivity contribution < 1.29 is 0 Å². The number of nitrogens with one attached hydrogen (secondary N) is 1. The van der Waals surface area contributed by atoms with E-state index in [1.54, 1.807) is 0 Å². The Morgan fingerprint density at radius 1 is 0.952 bits per heavy atom. The van der Waals surface area contributed by atoms with Crippen LogP contribution < -0.4 is 5.32 Å². The van der Waals surface area contributed by atoms with Gasteiger partial charge in [-0.15, -0.1) is 0 Å². The highest BCUT2D eigenvalue weighted by Crippen LogP contribution is 2.32. The summed E-state index contributed by atoms with van der Waals surface area (Å²) in [6, 6.07) is 15.3. The Balaban J connectivity index is 2.40. The van der Waals surface area contributed by atoms with E-state index in [0.29, 0.717) is 0 Å². The molecule has 0 saturated heterocycles. The first-order valence-electron chi connectivity index (χ1n) is 7.05. The Morgan fingerprint density at radius 3 is 2.10 bits per heavy atom. The summed E-state index contributed by atoms with van der Waals surface area (Å²) in [7, 11) is 2.00. The molecule has 0 fully saturated rings. The second-order valence-corrected chi connectivity index (χ2v) is 8.03. The zero-order chi connectivity index (χ0) is 15.6. The molecule has 21 heavy (non-hydrogen) atoms. The van der Waals surface area contributed by atoms with Gasteiger partial charge in [-0.05, 0) is 47.4 Å². The Labute approximate surface area is 144 Å². The topological polar surface area (TPSA) is 12.0 Å². The maximum atomic E-state index is 3.65. The van der Waals surface area contributed by atoms with Gasteiger partial charge in [-0.2, -0.15) is 0 Å². The quantitative estimate of drug-likeness (QED) is 0.672. The average Bonchev–Trinajstić information content (AvgIpc) is 2.43. The third kappa shape index (κ3) is 3.97. The highest BCUT2D eigenvalue weighted by Gasteiger charge is 2.17. The molecular weight excluding hydrogens is 390 g/mol. The van der Waals surface area contributed by atoms with Crippen molar-refractivity contribution in [2.45, 2.75) is 32.2 Å². The summed E-state index contributed by atoms with van der Waals surface area (Å²) in [5.41, 5.74) is 4.04. The smallest absolute Gasteiger partial charge is 0.0585 e. The fourth-order valence-corrected chi connectivity index (χ4v) is 3.27. The van der Waals surface area contributed by atoms with Crippen molar-refractivity contribution in [2.75, 3.05) is 7.05 Å². The van der Waals surface area contributed by atoms with Crippen LogP contribution >= 0.6 is 31.9 Å². The largest absolute Gasteiger partial charge is 0.309 e. The molecule has 2 aromatic rings. The third-order valence-corrected chi connectivity index (χ3v) is 4.88. The van der Waals surface area contributed by atoms with Gasteiger partial charge in [0.05, 0.1) is 6.04 Å². The van der Waals surface area contributed by atoms with Crippen LogP contribution in [0.25, 0.3) is 0 Å². The summed E-state index contributed by atoms with van der Waals surface area (Å²) >= 11 is 7.21. The average molecular weight is 411 g/mol. The molecule has 1 atom stereocenters. The first-order chi connectivity index (χ1) is 9.82. The SMILES string of the molecule is CNC(c1ccc(C(C)(C)C)cc1)c1cc(Br)ccc1Br. The first-order valence-corrected chi connectivity index (χ1v) is 8.64. The van der Waals surface area contributed by atoms with E-state index in [0.717, 1.165) is 8.95 Å². The van der Waals surface area contributed by atoms with Crippen molar-refractivity contribution in [3.05, 3.63) is 68.1 Å². The maximum absolute atomic E-state index is 3.65. The maximum Gasteiger partial charge on any atom is 0.0585 e. The van der Waals surface area contributed by atoms with Crippen LogP contribution in [0.5, 0.6) is 0 Å². The first kappa shape index (κ1) is 16.7. The lowest BCUT2D eigenvalue weighted by molar-refractivity contribution is 0.589. The van der Waals surface area contributed by atoms with Crippen LogP contribution in [0.15, 0.2) is 51.4 Å². The van der Waals surface area contributed by atoms with E-state index < -0.39 is 0 Å². The standard InChI is InChI=1S/C18H21Br2N/c1-18(2,3)13-7-5-12(6-8-13)17(21-4)15-11-14(19)9-10-16(15)20/h5-11,17,21H,1-4H3. The molecule has 1 N–H and O–H groups in total. The van der Waals surface area contributed by atoms with Gasteiger partial charge >= 0.3 is 0 Å². The molecule has 0 radical (unpaired) electrons. The number of benzene rings is 2. The molecular formula is C18H21Br2N. The molecule has 2 aromatic carbocycles. The molecule has 0 aliphatic rings. The van der Waals surface area contributed by atoms with Gasteiger partial charge in [0.2, 0.25) is 0 Å². The Morgan fingerprint density at radius 2 is 1.57 bits per heavy atom. The summed E-state index contributed by atoms with van der Waals surface area (Å²) in [5, 5.41) is 3.41. The fourth-order valence-electron chi connectivity index (χ4n) is 2.41.